The number of hydrogen-bond donors (Lipinski definition) is 2. The number of hydrogen-bond acceptors (Lipinski definition) is 6. The van der Waals surface area contributed by atoms with Crippen LogP contribution in [-0.2, 0) is 0 Å². The summed E-state index contributed by atoms with van der Waals surface area (Å²) in [6.45, 7) is 4.17. The number of aromatic amines is 1. The monoisotopic (exact) mass is 383 g/mol. The number of benzene rings is 2. The van der Waals surface area contributed by atoms with Crippen molar-refractivity contribution >= 4 is 40.6 Å². The number of H-pyrrole nitrogens is 1. The molecule has 1 heterocycles. The molecule has 2 N–H and O–H groups in total. The number of thioether (sulfide) groups is 1. The van der Waals surface area contributed by atoms with E-state index in [1.165, 1.54) is 18.3 Å². The lowest BCUT2D eigenvalue weighted by atomic mass is 10.2. The minimum absolute atomic E-state index is 0.000884. The van der Waals surface area contributed by atoms with Crippen LogP contribution in [0.25, 0.3) is 11.0 Å². The average Bonchev–Trinajstić information content (AvgIpc) is 3.02. The van der Waals surface area contributed by atoms with E-state index in [-0.39, 0.29) is 11.6 Å². The number of amides is 1. The SMILES string of the molecule is CC(C)Sc1nc2ccc(C(=O)N/N=C\c3ccc([N+](=O)[O-])cc3)cc2[nH]1. The Morgan fingerprint density at radius 1 is 1.30 bits per heavy atom. The molecule has 0 bridgehead atoms. The molecule has 3 aromatic rings. The fraction of sp³-hybridized carbons (Fsp3) is 0.167. The lowest BCUT2D eigenvalue weighted by Gasteiger charge is -2.00. The predicted molar refractivity (Wildman–Crippen MR) is 105 cm³/mol. The second kappa shape index (κ2) is 8.00. The third-order valence-electron chi connectivity index (χ3n) is 3.55. The highest BCUT2D eigenvalue weighted by molar-refractivity contribution is 7.99. The molecule has 0 fully saturated rings. The van der Waals surface area contributed by atoms with E-state index in [4.69, 9.17) is 0 Å². The zero-order valence-electron chi connectivity index (χ0n) is 14.7. The molecule has 0 spiro atoms. The highest BCUT2D eigenvalue weighted by Gasteiger charge is 2.10. The van der Waals surface area contributed by atoms with E-state index in [2.05, 4.69) is 34.3 Å². The third kappa shape index (κ3) is 4.70. The standard InChI is InChI=1S/C18H17N5O3S/c1-11(2)27-18-20-15-8-5-13(9-16(15)21-18)17(24)22-19-10-12-3-6-14(7-4-12)23(25)26/h3-11H,1-2H3,(H,20,21)(H,22,24)/b19-10-. The summed E-state index contributed by atoms with van der Waals surface area (Å²) in [5.41, 5.74) is 5.11. The van der Waals surface area contributed by atoms with Crippen molar-refractivity contribution in [3.63, 3.8) is 0 Å². The van der Waals surface area contributed by atoms with Crippen LogP contribution in [-0.4, -0.2) is 32.3 Å². The summed E-state index contributed by atoms with van der Waals surface area (Å²) >= 11 is 1.62. The molecule has 0 aliphatic carbocycles. The summed E-state index contributed by atoms with van der Waals surface area (Å²) in [6, 6.07) is 11.1. The van der Waals surface area contributed by atoms with Crippen molar-refractivity contribution in [3.8, 4) is 0 Å². The number of fused-ring (bicyclic) bond motifs is 1. The summed E-state index contributed by atoms with van der Waals surface area (Å²) in [5.74, 6) is -0.359. The summed E-state index contributed by atoms with van der Waals surface area (Å²) < 4.78 is 0. The van der Waals surface area contributed by atoms with E-state index in [1.807, 2.05) is 0 Å². The van der Waals surface area contributed by atoms with Crippen LogP contribution in [0.4, 0.5) is 5.69 Å². The van der Waals surface area contributed by atoms with Crippen molar-refractivity contribution in [3.05, 3.63) is 63.7 Å². The molecule has 0 radical (unpaired) electrons. The first-order chi connectivity index (χ1) is 12.9. The lowest BCUT2D eigenvalue weighted by molar-refractivity contribution is -0.384. The number of nitrogens with zero attached hydrogens (tertiary/aromatic N) is 3. The quantitative estimate of drug-likeness (QED) is 0.291. The van der Waals surface area contributed by atoms with Crippen LogP contribution >= 0.6 is 11.8 Å². The Kier molecular flexibility index (Phi) is 5.51. The largest absolute Gasteiger partial charge is 0.333 e. The van der Waals surface area contributed by atoms with E-state index in [0.29, 0.717) is 16.4 Å². The van der Waals surface area contributed by atoms with Gasteiger partial charge in [0.15, 0.2) is 5.16 Å². The molecule has 2 aromatic carbocycles. The Bertz CT molecular complexity index is 1010. The summed E-state index contributed by atoms with van der Waals surface area (Å²) in [5, 5.41) is 15.7. The van der Waals surface area contributed by atoms with Gasteiger partial charge in [-0.2, -0.15) is 5.10 Å². The number of non-ortho nitro benzene ring substituents is 1. The summed E-state index contributed by atoms with van der Waals surface area (Å²) in [6.07, 6.45) is 1.42. The van der Waals surface area contributed by atoms with Gasteiger partial charge < -0.3 is 4.98 Å². The van der Waals surface area contributed by atoms with Gasteiger partial charge in [0.25, 0.3) is 11.6 Å². The van der Waals surface area contributed by atoms with Crippen molar-refractivity contribution in [1.82, 2.24) is 15.4 Å². The second-order valence-electron chi connectivity index (χ2n) is 5.99. The van der Waals surface area contributed by atoms with E-state index in [1.54, 1.807) is 42.1 Å². The van der Waals surface area contributed by atoms with E-state index in [9.17, 15) is 14.9 Å². The average molecular weight is 383 g/mol. The van der Waals surface area contributed by atoms with Crippen molar-refractivity contribution < 1.29 is 9.72 Å². The third-order valence-corrected chi connectivity index (χ3v) is 4.44. The van der Waals surface area contributed by atoms with E-state index in [0.717, 1.165) is 16.2 Å². The van der Waals surface area contributed by atoms with Gasteiger partial charge in [-0.25, -0.2) is 10.4 Å². The Labute approximate surface area is 159 Å². The van der Waals surface area contributed by atoms with Gasteiger partial charge in [0.1, 0.15) is 0 Å². The highest BCUT2D eigenvalue weighted by atomic mass is 32.2. The number of hydrazone groups is 1. The van der Waals surface area contributed by atoms with Crippen LogP contribution in [0, 0.1) is 10.1 Å². The number of rotatable bonds is 6. The molecule has 1 aromatic heterocycles. The zero-order chi connectivity index (χ0) is 19.4. The number of carbonyl (C=O) groups is 1. The topological polar surface area (TPSA) is 113 Å². The van der Waals surface area contributed by atoms with Gasteiger partial charge in [-0.15, -0.1) is 0 Å². The zero-order valence-corrected chi connectivity index (χ0v) is 15.5. The van der Waals surface area contributed by atoms with Gasteiger partial charge in [0.05, 0.1) is 22.2 Å². The number of nitro benzene ring substituents is 1. The van der Waals surface area contributed by atoms with Crippen molar-refractivity contribution in [2.24, 2.45) is 5.10 Å². The van der Waals surface area contributed by atoms with Gasteiger partial charge in [0, 0.05) is 22.9 Å². The predicted octanol–water partition coefficient (Wildman–Crippen LogP) is 3.74. The van der Waals surface area contributed by atoms with Gasteiger partial charge in [0.2, 0.25) is 0 Å². The van der Waals surface area contributed by atoms with Gasteiger partial charge >= 0.3 is 0 Å². The molecular weight excluding hydrogens is 366 g/mol. The van der Waals surface area contributed by atoms with Gasteiger partial charge in [-0.1, -0.05) is 25.6 Å². The van der Waals surface area contributed by atoms with Crippen LogP contribution in [0.1, 0.15) is 29.8 Å². The second-order valence-corrected chi connectivity index (χ2v) is 7.55. The number of nitro groups is 1. The number of carbonyl (C=O) groups excluding carboxylic acids is 1. The summed E-state index contributed by atoms with van der Waals surface area (Å²) in [4.78, 5) is 30.1. The molecule has 27 heavy (non-hydrogen) atoms. The fourth-order valence-electron chi connectivity index (χ4n) is 2.32. The number of nitrogens with one attached hydrogen (secondary N) is 2. The van der Waals surface area contributed by atoms with Crippen LogP contribution in [0.15, 0.2) is 52.7 Å². The van der Waals surface area contributed by atoms with Crippen molar-refractivity contribution in [2.45, 2.75) is 24.3 Å². The first kappa shape index (κ1) is 18.6. The minimum Gasteiger partial charge on any atom is -0.333 e. The van der Waals surface area contributed by atoms with Crippen molar-refractivity contribution in [1.29, 1.82) is 0 Å². The molecule has 0 aliphatic rings. The molecule has 0 atom stereocenters. The fourth-order valence-corrected chi connectivity index (χ4v) is 3.09. The minimum atomic E-state index is -0.473. The Hall–Kier alpha value is -3.20. The van der Waals surface area contributed by atoms with Crippen LogP contribution in [0.5, 0.6) is 0 Å². The van der Waals surface area contributed by atoms with Crippen molar-refractivity contribution in [2.75, 3.05) is 0 Å². The van der Waals surface area contributed by atoms with Crippen LogP contribution < -0.4 is 5.43 Å². The smallest absolute Gasteiger partial charge is 0.271 e. The number of imidazole rings is 1. The van der Waals surface area contributed by atoms with Gasteiger partial charge in [-0.05, 0) is 35.9 Å². The normalized spacial score (nSPS) is 11.4. The Morgan fingerprint density at radius 2 is 2.04 bits per heavy atom. The molecule has 8 nitrogen and oxygen atoms in total. The molecule has 138 valence electrons. The maximum absolute atomic E-state index is 12.3. The molecule has 3 rings (SSSR count). The first-order valence-electron chi connectivity index (χ1n) is 8.16. The molecule has 9 heteroatoms. The summed E-state index contributed by atoms with van der Waals surface area (Å²) in [7, 11) is 0. The lowest BCUT2D eigenvalue weighted by Crippen LogP contribution is -2.17. The Morgan fingerprint density at radius 3 is 2.70 bits per heavy atom. The molecule has 0 unspecified atom stereocenters. The molecule has 0 saturated carbocycles. The van der Waals surface area contributed by atoms with Crippen LogP contribution in [0.3, 0.4) is 0 Å². The van der Waals surface area contributed by atoms with Gasteiger partial charge in [-0.3, -0.25) is 14.9 Å². The molecular formula is C18H17N5O3S. The maximum atomic E-state index is 12.3. The van der Waals surface area contributed by atoms with E-state index < -0.39 is 4.92 Å². The van der Waals surface area contributed by atoms with Crippen LogP contribution in [0.2, 0.25) is 0 Å². The number of aromatic nitrogens is 2. The molecule has 0 saturated heterocycles. The molecule has 0 aliphatic heterocycles. The van der Waals surface area contributed by atoms with E-state index >= 15 is 0 Å². The first-order valence-corrected chi connectivity index (χ1v) is 9.04. The molecule has 1 amide bonds. The Balaban J connectivity index is 1.67. The highest BCUT2D eigenvalue weighted by Crippen LogP contribution is 2.23. The maximum Gasteiger partial charge on any atom is 0.271 e.